The molecule has 0 amide bonds. The molecule has 0 aliphatic rings. The lowest BCUT2D eigenvalue weighted by molar-refractivity contribution is 0.506. The first-order chi connectivity index (χ1) is 10.1. The molecule has 10 heteroatoms. The Bertz CT molecular complexity index is 782. The molecule has 1 aromatic carbocycles. The van der Waals surface area contributed by atoms with Crippen LogP contribution in [0.4, 0.5) is 8.78 Å². The summed E-state index contributed by atoms with van der Waals surface area (Å²) in [6, 6.07) is 3.49. The van der Waals surface area contributed by atoms with Crippen LogP contribution >= 0.6 is 23.4 Å². The quantitative estimate of drug-likeness (QED) is 0.736. The molecule has 0 aliphatic carbocycles. The van der Waals surface area contributed by atoms with Gasteiger partial charge in [-0.2, -0.15) is 24.7 Å². The normalized spacial score (nSPS) is 10.8. The number of hydrogen-bond acceptors (Lipinski definition) is 6. The molecule has 0 fully saturated rings. The average Bonchev–Trinajstić information content (AvgIpc) is 2.96. The van der Waals surface area contributed by atoms with Crippen molar-refractivity contribution in [2.24, 2.45) is 0 Å². The predicted octanol–water partition coefficient (Wildman–Crippen LogP) is 2.54. The Morgan fingerprint density at radius 2 is 1.95 bits per heavy atom. The van der Waals surface area contributed by atoms with Gasteiger partial charge in [0.2, 0.25) is 5.28 Å². The van der Waals surface area contributed by atoms with Crippen LogP contribution in [0.3, 0.4) is 0 Å². The van der Waals surface area contributed by atoms with Crippen LogP contribution in [0.5, 0.6) is 0 Å². The van der Waals surface area contributed by atoms with Gasteiger partial charge in [0.05, 0.1) is 0 Å². The van der Waals surface area contributed by atoms with E-state index >= 15 is 0 Å². The SMILES string of the molecule is Fc1ccc(Sc2nc(Cl)nc(-n3cncn3)n2)cc1F. The molecule has 0 radical (unpaired) electrons. The van der Waals surface area contributed by atoms with E-state index < -0.39 is 11.6 Å². The van der Waals surface area contributed by atoms with Gasteiger partial charge in [0.1, 0.15) is 12.7 Å². The second-order valence-electron chi connectivity index (χ2n) is 3.71. The molecular weight excluding hydrogens is 322 g/mol. The molecule has 3 rings (SSSR count). The first-order valence-corrected chi connectivity index (χ1v) is 6.71. The van der Waals surface area contributed by atoms with Crippen molar-refractivity contribution in [3.05, 3.63) is 47.8 Å². The van der Waals surface area contributed by atoms with Crippen LogP contribution in [0.1, 0.15) is 0 Å². The minimum Gasteiger partial charge on any atom is -0.223 e. The lowest BCUT2D eigenvalue weighted by atomic mass is 10.3. The summed E-state index contributed by atoms with van der Waals surface area (Å²) >= 11 is 6.84. The Balaban J connectivity index is 1.93. The Morgan fingerprint density at radius 3 is 2.67 bits per heavy atom. The molecular formula is C11H5ClF2N6S. The zero-order valence-corrected chi connectivity index (χ0v) is 11.7. The molecule has 21 heavy (non-hydrogen) atoms. The fourth-order valence-corrected chi connectivity index (χ4v) is 2.40. The van der Waals surface area contributed by atoms with Gasteiger partial charge in [-0.3, -0.25) is 0 Å². The van der Waals surface area contributed by atoms with Crippen molar-refractivity contribution in [1.82, 2.24) is 29.7 Å². The van der Waals surface area contributed by atoms with Crippen LogP contribution in [-0.4, -0.2) is 29.7 Å². The van der Waals surface area contributed by atoms with E-state index in [4.69, 9.17) is 11.6 Å². The van der Waals surface area contributed by atoms with Crippen molar-refractivity contribution in [2.45, 2.75) is 10.1 Å². The van der Waals surface area contributed by atoms with Crippen molar-refractivity contribution in [3.63, 3.8) is 0 Å². The van der Waals surface area contributed by atoms with Crippen LogP contribution < -0.4 is 0 Å². The molecule has 0 aliphatic heterocycles. The Morgan fingerprint density at radius 1 is 1.10 bits per heavy atom. The van der Waals surface area contributed by atoms with E-state index in [1.165, 1.54) is 23.4 Å². The summed E-state index contributed by atoms with van der Waals surface area (Å²) < 4.78 is 27.4. The third-order valence-electron chi connectivity index (χ3n) is 2.30. The highest BCUT2D eigenvalue weighted by molar-refractivity contribution is 7.99. The summed E-state index contributed by atoms with van der Waals surface area (Å²) in [5, 5.41) is 4.06. The van der Waals surface area contributed by atoms with Gasteiger partial charge in [-0.1, -0.05) is 0 Å². The first kappa shape index (κ1) is 13.8. The van der Waals surface area contributed by atoms with Crippen LogP contribution in [0, 0.1) is 11.6 Å². The zero-order chi connectivity index (χ0) is 14.8. The highest BCUT2D eigenvalue weighted by Gasteiger charge is 2.10. The van der Waals surface area contributed by atoms with E-state index in [0.29, 0.717) is 4.90 Å². The number of nitrogens with zero attached hydrogens (tertiary/aromatic N) is 6. The second-order valence-corrected chi connectivity index (χ2v) is 5.08. The molecule has 0 unspecified atom stereocenters. The number of halogens is 3. The highest BCUT2D eigenvalue weighted by atomic mass is 35.5. The van der Waals surface area contributed by atoms with Gasteiger partial charge in [-0.05, 0) is 41.6 Å². The van der Waals surface area contributed by atoms with Gasteiger partial charge >= 0.3 is 0 Å². The van der Waals surface area contributed by atoms with Crippen molar-refractivity contribution in [2.75, 3.05) is 0 Å². The standard InChI is InChI=1S/C11H5ClF2N6S/c12-9-17-10(20-5-15-4-16-20)19-11(18-9)21-6-1-2-7(13)8(14)3-6/h1-5H. The second kappa shape index (κ2) is 5.70. The average molecular weight is 327 g/mol. The molecule has 6 nitrogen and oxygen atoms in total. The van der Waals surface area contributed by atoms with E-state index in [1.54, 1.807) is 0 Å². The summed E-state index contributed by atoms with van der Waals surface area (Å²) in [6.45, 7) is 0. The minimum atomic E-state index is -0.948. The van der Waals surface area contributed by atoms with Crippen molar-refractivity contribution in [3.8, 4) is 5.95 Å². The predicted molar refractivity (Wildman–Crippen MR) is 70.2 cm³/mol. The lowest BCUT2D eigenvalue weighted by Crippen LogP contribution is -2.04. The van der Waals surface area contributed by atoms with E-state index in [0.717, 1.165) is 23.9 Å². The summed E-state index contributed by atoms with van der Waals surface area (Å²) in [5.41, 5.74) is 0. The fourth-order valence-electron chi connectivity index (χ4n) is 1.43. The van der Waals surface area contributed by atoms with Crippen LogP contribution in [0.2, 0.25) is 5.28 Å². The van der Waals surface area contributed by atoms with Gasteiger partial charge < -0.3 is 0 Å². The van der Waals surface area contributed by atoms with Crippen LogP contribution in [-0.2, 0) is 0 Å². The molecule has 0 atom stereocenters. The van der Waals surface area contributed by atoms with Gasteiger partial charge in [0.25, 0.3) is 5.95 Å². The summed E-state index contributed by atoms with van der Waals surface area (Å²) in [5.74, 6) is -1.69. The van der Waals surface area contributed by atoms with Gasteiger partial charge in [0.15, 0.2) is 16.8 Å². The van der Waals surface area contributed by atoms with E-state index in [1.807, 2.05) is 0 Å². The number of benzene rings is 1. The maximum absolute atomic E-state index is 13.2. The van der Waals surface area contributed by atoms with Gasteiger partial charge in [-0.15, -0.1) is 0 Å². The molecule has 2 aromatic heterocycles. The Hall–Kier alpha value is -2.13. The zero-order valence-electron chi connectivity index (χ0n) is 10.1. The summed E-state index contributed by atoms with van der Waals surface area (Å²) in [7, 11) is 0. The third-order valence-corrected chi connectivity index (χ3v) is 3.32. The number of aromatic nitrogens is 6. The highest BCUT2D eigenvalue weighted by Crippen LogP contribution is 2.26. The molecule has 106 valence electrons. The number of hydrogen-bond donors (Lipinski definition) is 0. The summed E-state index contributed by atoms with van der Waals surface area (Å²) in [4.78, 5) is 16.2. The first-order valence-electron chi connectivity index (χ1n) is 5.51. The molecule has 2 heterocycles. The van der Waals surface area contributed by atoms with Crippen molar-refractivity contribution in [1.29, 1.82) is 0 Å². The minimum absolute atomic E-state index is 0.0411. The third kappa shape index (κ3) is 3.14. The van der Waals surface area contributed by atoms with E-state index in [2.05, 4.69) is 25.0 Å². The van der Waals surface area contributed by atoms with Gasteiger partial charge in [-0.25, -0.2) is 13.8 Å². The molecule has 0 spiro atoms. The lowest BCUT2D eigenvalue weighted by Gasteiger charge is -2.04. The molecule has 0 N–H and O–H groups in total. The van der Waals surface area contributed by atoms with Crippen LogP contribution in [0.25, 0.3) is 5.95 Å². The Kier molecular flexibility index (Phi) is 3.76. The summed E-state index contributed by atoms with van der Waals surface area (Å²) in [6.07, 6.45) is 2.72. The van der Waals surface area contributed by atoms with Crippen molar-refractivity contribution < 1.29 is 8.78 Å². The molecule has 0 saturated heterocycles. The fraction of sp³-hybridized carbons (Fsp3) is 0. The molecule has 0 saturated carbocycles. The van der Waals surface area contributed by atoms with E-state index in [-0.39, 0.29) is 16.4 Å². The number of rotatable bonds is 3. The topological polar surface area (TPSA) is 69.4 Å². The maximum Gasteiger partial charge on any atom is 0.257 e. The largest absolute Gasteiger partial charge is 0.257 e. The maximum atomic E-state index is 13.2. The van der Waals surface area contributed by atoms with Gasteiger partial charge in [0, 0.05) is 4.90 Å². The molecule has 0 bridgehead atoms. The smallest absolute Gasteiger partial charge is 0.223 e. The monoisotopic (exact) mass is 326 g/mol. The van der Waals surface area contributed by atoms with Crippen molar-refractivity contribution >= 4 is 23.4 Å². The Labute approximate surface area is 126 Å². The molecule has 3 aromatic rings. The van der Waals surface area contributed by atoms with Crippen LogP contribution in [0.15, 0.2) is 40.9 Å². The van der Waals surface area contributed by atoms with E-state index in [9.17, 15) is 8.78 Å².